The van der Waals surface area contributed by atoms with Crippen LogP contribution < -0.4 is 5.73 Å². The predicted octanol–water partition coefficient (Wildman–Crippen LogP) is 2.81. The molecule has 20 heavy (non-hydrogen) atoms. The quantitative estimate of drug-likeness (QED) is 0.565. The summed E-state index contributed by atoms with van der Waals surface area (Å²) in [4.78, 5) is 8.82. The van der Waals surface area contributed by atoms with E-state index in [0.717, 1.165) is 22.1 Å². The monoisotopic (exact) mass is 264 g/mol. The van der Waals surface area contributed by atoms with Crippen LogP contribution in [0.4, 0.5) is 5.69 Å². The van der Waals surface area contributed by atoms with Gasteiger partial charge in [0.1, 0.15) is 12.1 Å². The summed E-state index contributed by atoms with van der Waals surface area (Å²) in [7, 11) is 0. The molecule has 0 saturated heterocycles. The van der Waals surface area contributed by atoms with Crippen LogP contribution in [0.3, 0.4) is 0 Å². The summed E-state index contributed by atoms with van der Waals surface area (Å²) in [5.74, 6) is 0.647. The highest BCUT2D eigenvalue weighted by atomic mass is 16.3. The third-order valence-electron chi connectivity index (χ3n) is 3.29. The number of nitrogens with two attached hydrogens (primary N) is 1. The fourth-order valence-corrected chi connectivity index (χ4v) is 2.34. The van der Waals surface area contributed by atoms with Crippen molar-refractivity contribution < 1.29 is 4.42 Å². The summed E-state index contributed by atoms with van der Waals surface area (Å²) in [6.45, 7) is 0.551. The predicted molar refractivity (Wildman–Crippen MR) is 77.3 cm³/mol. The summed E-state index contributed by atoms with van der Waals surface area (Å²) < 4.78 is 7.75. The van der Waals surface area contributed by atoms with Crippen LogP contribution in [0.15, 0.2) is 53.2 Å². The first-order valence-electron chi connectivity index (χ1n) is 6.34. The number of anilines is 1. The van der Waals surface area contributed by atoms with Crippen molar-refractivity contribution in [2.45, 2.75) is 6.54 Å². The second-order valence-corrected chi connectivity index (χ2v) is 4.70. The fourth-order valence-electron chi connectivity index (χ4n) is 2.34. The highest BCUT2D eigenvalue weighted by Crippen LogP contribution is 2.20. The van der Waals surface area contributed by atoms with Crippen molar-refractivity contribution in [3.8, 4) is 0 Å². The lowest BCUT2D eigenvalue weighted by Crippen LogP contribution is -1.97. The first kappa shape index (κ1) is 11.0. The molecule has 0 spiro atoms. The minimum absolute atomic E-state index is 0.551. The van der Waals surface area contributed by atoms with E-state index in [1.807, 2.05) is 47.0 Å². The van der Waals surface area contributed by atoms with Gasteiger partial charge in [-0.15, -0.1) is 0 Å². The third-order valence-corrected chi connectivity index (χ3v) is 3.29. The smallest absolute Gasteiger partial charge is 0.215 e. The van der Waals surface area contributed by atoms with Gasteiger partial charge in [-0.05, 0) is 30.3 Å². The normalized spacial score (nSPS) is 11.4. The van der Waals surface area contributed by atoms with E-state index in [4.69, 9.17) is 10.2 Å². The zero-order valence-electron chi connectivity index (χ0n) is 10.7. The maximum atomic E-state index is 5.75. The molecule has 98 valence electrons. The van der Waals surface area contributed by atoms with Crippen molar-refractivity contribution in [3.05, 3.63) is 54.7 Å². The van der Waals surface area contributed by atoms with Crippen LogP contribution in [0.25, 0.3) is 22.1 Å². The molecular weight excluding hydrogens is 252 g/mol. The maximum absolute atomic E-state index is 5.75. The lowest BCUT2D eigenvalue weighted by atomic mass is 10.3. The Hall–Kier alpha value is -2.82. The van der Waals surface area contributed by atoms with Crippen LogP contribution in [0, 0.1) is 0 Å². The van der Waals surface area contributed by atoms with E-state index in [0.29, 0.717) is 18.1 Å². The number of para-hydroxylation sites is 2. The molecule has 0 aliphatic carbocycles. The molecule has 0 radical (unpaired) electrons. The average molecular weight is 264 g/mol. The number of fused-ring (bicyclic) bond motifs is 2. The molecule has 5 nitrogen and oxygen atoms in total. The molecule has 2 aromatic heterocycles. The molecule has 2 aromatic carbocycles. The Labute approximate surface area is 114 Å². The molecule has 0 fully saturated rings. The second kappa shape index (κ2) is 4.09. The van der Waals surface area contributed by atoms with Crippen molar-refractivity contribution in [2.75, 3.05) is 5.73 Å². The van der Waals surface area contributed by atoms with Crippen LogP contribution in [0.1, 0.15) is 5.89 Å². The topological polar surface area (TPSA) is 69.9 Å². The van der Waals surface area contributed by atoms with Gasteiger partial charge in [-0.1, -0.05) is 12.1 Å². The van der Waals surface area contributed by atoms with Gasteiger partial charge in [0, 0.05) is 5.69 Å². The number of nitrogen functional groups attached to an aromatic ring is 1. The molecule has 0 unspecified atom stereocenters. The molecule has 0 atom stereocenters. The van der Waals surface area contributed by atoms with Crippen LogP contribution >= 0.6 is 0 Å². The molecule has 4 aromatic rings. The molecule has 0 bridgehead atoms. The number of hydrogen-bond donors (Lipinski definition) is 1. The lowest BCUT2D eigenvalue weighted by molar-refractivity contribution is 0.512. The van der Waals surface area contributed by atoms with Gasteiger partial charge in [-0.25, -0.2) is 9.97 Å². The number of rotatable bonds is 2. The van der Waals surface area contributed by atoms with Crippen LogP contribution in [0.5, 0.6) is 0 Å². The Morgan fingerprint density at radius 1 is 1.10 bits per heavy atom. The molecule has 4 rings (SSSR count). The van der Waals surface area contributed by atoms with Crippen molar-refractivity contribution in [1.29, 1.82) is 0 Å². The fraction of sp³-hybridized carbons (Fsp3) is 0.0667. The molecule has 0 saturated carbocycles. The Morgan fingerprint density at radius 3 is 2.95 bits per heavy atom. The average Bonchev–Trinajstić information content (AvgIpc) is 3.03. The van der Waals surface area contributed by atoms with Gasteiger partial charge in [0.15, 0.2) is 5.58 Å². The van der Waals surface area contributed by atoms with E-state index in [2.05, 4.69) is 9.97 Å². The van der Waals surface area contributed by atoms with Gasteiger partial charge in [-0.2, -0.15) is 0 Å². The highest BCUT2D eigenvalue weighted by Gasteiger charge is 2.08. The van der Waals surface area contributed by atoms with Crippen LogP contribution in [-0.2, 0) is 6.54 Å². The number of oxazole rings is 1. The highest BCUT2D eigenvalue weighted by molar-refractivity contribution is 5.77. The van der Waals surface area contributed by atoms with E-state index in [1.165, 1.54) is 0 Å². The zero-order chi connectivity index (χ0) is 13.5. The van der Waals surface area contributed by atoms with Crippen molar-refractivity contribution in [2.24, 2.45) is 0 Å². The van der Waals surface area contributed by atoms with Crippen LogP contribution in [-0.4, -0.2) is 14.5 Å². The Balaban J connectivity index is 1.76. The van der Waals surface area contributed by atoms with E-state index in [1.54, 1.807) is 6.33 Å². The summed E-state index contributed by atoms with van der Waals surface area (Å²) in [5, 5.41) is 0. The number of nitrogens with zero attached hydrogens (tertiary/aromatic N) is 3. The second-order valence-electron chi connectivity index (χ2n) is 4.70. The van der Waals surface area contributed by atoms with Gasteiger partial charge >= 0.3 is 0 Å². The van der Waals surface area contributed by atoms with E-state index < -0.39 is 0 Å². The van der Waals surface area contributed by atoms with Gasteiger partial charge < -0.3 is 14.7 Å². The van der Waals surface area contributed by atoms with Crippen LogP contribution in [0.2, 0.25) is 0 Å². The van der Waals surface area contributed by atoms with E-state index in [9.17, 15) is 0 Å². The Kier molecular flexibility index (Phi) is 2.26. The summed E-state index contributed by atoms with van der Waals surface area (Å²) in [5.41, 5.74) is 9.99. The first-order chi connectivity index (χ1) is 9.79. The van der Waals surface area contributed by atoms with E-state index >= 15 is 0 Å². The van der Waals surface area contributed by atoms with Crippen molar-refractivity contribution in [1.82, 2.24) is 14.5 Å². The number of hydrogen-bond acceptors (Lipinski definition) is 4. The molecule has 2 N–H and O–H groups in total. The molecule has 2 heterocycles. The minimum Gasteiger partial charge on any atom is -0.439 e. The minimum atomic E-state index is 0.551. The van der Waals surface area contributed by atoms with Crippen molar-refractivity contribution >= 4 is 27.8 Å². The third kappa shape index (κ3) is 1.72. The molecule has 0 amide bonds. The summed E-state index contributed by atoms with van der Waals surface area (Å²) >= 11 is 0. The standard InChI is InChI=1S/C15H12N4O/c16-10-5-6-14-12(7-10)18-15(20-14)8-19-9-17-11-3-1-2-4-13(11)19/h1-7,9H,8,16H2. The number of benzene rings is 2. The lowest BCUT2D eigenvalue weighted by Gasteiger charge is -1.99. The largest absolute Gasteiger partial charge is 0.439 e. The molecule has 5 heteroatoms. The van der Waals surface area contributed by atoms with Crippen molar-refractivity contribution in [3.63, 3.8) is 0 Å². The van der Waals surface area contributed by atoms with E-state index in [-0.39, 0.29) is 0 Å². The summed E-state index contributed by atoms with van der Waals surface area (Å²) in [6.07, 6.45) is 1.80. The first-order valence-corrected chi connectivity index (χ1v) is 6.34. The Morgan fingerprint density at radius 2 is 2.00 bits per heavy atom. The molecular formula is C15H12N4O. The zero-order valence-corrected chi connectivity index (χ0v) is 10.7. The van der Waals surface area contributed by atoms with Gasteiger partial charge in [-0.3, -0.25) is 0 Å². The van der Waals surface area contributed by atoms with Gasteiger partial charge in [0.2, 0.25) is 5.89 Å². The molecule has 0 aliphatic rings. The summed E-state index contributed by atoms with van der Waals surface area (Å²) in [6, 6.07) is 13.4. The number of aromatic nitrogens is 3. The Bertz CT molecular complexity index is 906. The molecule has 0 aliphatic heterocycles. The van der Waals surface area contributed by atoms with Gasteiger partial charge in [0.25, 0.3) is 0 Å². The number of imidazole rings is 1. The SMILES string of the molecule is Nc1ccc2oc(Cn3cnc4ccccc43)nc2c1. The maximum Gasteiger partial charge on any atom is 0.215 e. The van der Waals surface area contributed by atoms with Gasteiger partial charge in [0.05, 0.1) is 17.4 Å².